The average molecular weight is 1100 g/mol. The van der Waals surface area contributed by atoms with Gasteiger partial charge in [-0.3, -0.25) is 0 Å². The van der Waals surface area contributed by atoms with E-state index in [1.807, 2.05) is 0 Å². The average Bonchev–Trinajstić information content (AvgIpc) is 2.10. The summed E-state index contributed by atoms with van der Waals surface area (Å²) in [5.41, 5.74) is 27.9. The summed E-state index contributed by atoms with van der Waals surface area (Å²) in [4.78, 5) is 0. The summed E-state index contributed by atoms with van der Waals surface area (Å²) in [5, 5.41) is 4.97. The van der Waals surface area contributed by atoms with Crippen LogP contribution in [-0.4, -0.2) is 9.13 Å². The molecule has 1 atom stereocenters. The van der Waals surface area contributed by atoms with Crippen LogP contribution in [0.25, 0.3) is 138 Å². The van der Waals surface area contributed by atoms with Gasteiger partial charge in [0, 0.05) is 38.8 Å². The largest absolute Gasteiger partial charge is 0.309 e. The highest BCUT2D eigenvalue weighted by Crippen LogP contribution is 2.41. The molecular formula is C84H58N2. The minimum atomic E-state index is 0.306. The van der Waals surface area contributed by atoms with Crippen molar-refractivity contribution in [2.75, 3.05) is 0 Å². The first kappa shape index (κ1) is 50.6. The van der Waals surface area contributed by atoms with E-state index in [0.29, 0.717) is 5.92 Å². The molecule has 0 fully saturated rings. The first-order chi connectivity index (χ1) is 42.6. The molecule has 1 aliphatic rings. The predicted octanol–water partition coefficient (Wildman–Crippen LogP) is 22.7. The van der Waals surface area contributed by atoms with Crippen molar-refractivity contribution in [3.05, 3.63) is 345 Å². The van der Waals surface area contributed by atoms with Crippen LogP contribution in [0, 0.1) is 0 Å². The van der Waals surface area contributed by atoms with Gasteiger partial charge in [-0.15, -0.1) is 0 Å². The number of hydrogen-bond donors (Lipinski definition) is 0. The molecule has 2 heteroatoms. The molecule has 0 saturated heterocycles. The van der Waals surface area contributed by atoms with Gasteiger partial charge in [-0.2, -0.15) is 0 Å². The van der Waals surface area contributed by atoms with Crippen molar-refractivity contribution in [3.8, 4) is 89.3 Å². The third kappa shape index (κ3) is 9.35. The molecule has 0 N–H and O–H groups in total. The Morgan fingerprint density at radius 3 is 1.13 bits per heavy atom. The molecule has 0 aliphatic heterocycles. The van der Waals surface area contributed by atoms with Crippen molar-refractivity contribution >= 4 is 49.2 Å². The lowest BCUT2D eigenvalue weighted by Crippen LogP contribution is -1.99. The Hall–Kier alpha value is -11.1. The summed E-state index contributed by atoms with van der Waals surface area (Å²) >= 11 is 0. The van der Waals surface area contributed by atoms with E-state index >= 15 is 0 Å². The molecule has 0 radical (unpaired) electrons. The van der Waals surface area contributed by atoms with E-state index in [1.165, 1.54) is 138 Å². The summed E-state index contributed by atoms with van der Waals surface area (Å²) < 4.78 is 4.82. The van der Waals surface area contributed by atoms with Gasteiger partial charge in [0.05, 0.1) is 22.1 Å². The highest BCUT2D eigenvalue weighted by molar-refractivity contribution is 6.13. The summed E-state index contributed by atoms with van der Waals surface area (Å²) in [5.74, 6) is 0.306. The normalized spacial score (nSPS) is 13.2. The van der Waals surface area contributed by atoms with Crippen LogP contribution in [0.2, 0.25) is 0 Å². The Bertz CT molecular complexity index is 5080. The standard InChI is InChI=1S/C84H58N2/c1-3-15-57(16-4-1)66-19-11-20-67(51-66)64-39-41-65(42-40-64)69-22-13-24-71(53-69)70-23-12-21-68(52-70)63-37-35-60(36-38-63)59-31-33-61(34-32-59)62-43-47-75(48-44-62)85-81-29-9-7-27-77(81)79-55-73(45-49-83(79)85)74-46-50-84-80(56-74)78-28-8-10-30-82(78)86(84)76-26-14-25-72(54-76)58-17-5-2-6-18-58/h1-23,25-56,71H,24H2. The number of aromatic nitrogens is 2. The van der Waals surface area contributed by atoms with Crippen molar-refractivity contribution in [1.29, 1.82) is 0 Å². The van der Waals surface area contributed by atoms with Crippen molar-refractivity contribution in [3.63, 3.8) is 0 Å². The van der Waals surface area contributed by atoms with Crippen LogP contribution in [0.4, 0.5) is 0 Å². The molecule has 13 aromatic carbocycles. The van der Waals surface area contributed by atoms with Gasteiger partial charge in [-0.1, -0.05) is 267 Å². The SMILES string of the molecule is C1=CC(c2ccc(-c3cccc(-c4ccccc4)c3)cc2)=CC(c2cccc(-c3ccc(-c4ccc(-c5ccc(-n6c7ccccc7c7cc(-c8ccc9c(c8)c8ccccc8n9-c8cccc(-c9ccccc9)c8)ccc76)cc5)cc4)cc3)c2)C1. The zero-order valence-electron chi connectivity index (χ0n) is 47.4. The predicted molar refractivity (Wildman–Crippen MR) is 364 cm³/mol. The second-order valence-electron chi connectivity index (χ2n) is 22.8. The van der Waals surface area contributed by atoms with Crippen LogP contribution in [0.1, 0.15) is 23.5 Å². The summed E-state index contributed by atoms with van der Waals surface area (Å²) in [7, 11) is 0. The van der Waals surface area contributed by atoms with Crippen LogP contribution < -0.4 is 0 Å². The minimum absolute atomic E-state index is 0.306. The molecule has 2 nitrogen and oxygen atoms in total. The fourth-order valence-corrected chi connectivity index (χ4v) is 13.2. The highest BCUT2D eigenvalue weighted by atomic mass is 15.0. The van der Waals surface area contributed by atoms with E-state index < -0.39 is 0 Å². The van der Waals surface area contributed by atoms with E-state index in [1.54, 1.807) is 0 Å². The first-order valence-electron chi connectivity index (χ1n) is 29.9. The maximum atomic E-state index is 2.45. The van der Waals surface area contributed by atoms with Crippen LogP contribution in [0.15, 0.2) is 334 Å². The molecule has 2 aromatic heterocycles. The number of hydrogen-bond acceptors (Lipinski definition) is 0. The summed E-state index contributed by atoms with van der Waals surface area (Å²) in [6.45, 7) is 0. The number of allylic oxidation sites excluding steroid dienone is 4. The summed E-state index contributed by atoms with van der Waals surface area (Å²) in [6.07, 6.45) is 8.04. The van der Waals surface area contributed by atoms with Crippen molar-refractivity contribution in [2.45, 2.75) is 12.3 Å². The Kier molecular flexibility index (Phi) is 12.7. The van der Waals surface area contributed by atoms with Gasteiger partial charge in [0.1, 0.15) is 0 Å². The van der Waals surface area contributed by atoms with Crippen LogP contribution >= 0.6 is 0 Å². The van der Waals surface area contributed by atoms with Gasteiger partial charge >= 0.3 is 0 Å². The first-order valence-corrected chi connectivity index (χ1v) is 29.9. The van der Waals surface area contributed by atoms with E-state index in [9.17, 15) is 0 Å². The van der Waals surface area contributed by atoms with Crippen LogP contribution in [0.5, 0.6) is 0 Å². The van der Waals surface area contributed by atoms with Crippen LogP contribution in [0.3, 0.4) is 0 Å². The van der Waals surface area contributed by atoms with E-state index in [4.69, 9.17) is 0 Å². The molecular weight excluding hydrogens is 1040 g/mol. The van der Waals surface area contributed by atoms with Gasteiger partial charge in [0.25, 0.3) is 0 Å². The number of para-hydroxylation sites is 2. The molecule has 1 aliphatic carbocycles. The van der Waals surface area contributed by atoms with E-state index in [2.05, 4.69) is 343 Å². The molecule has 2 heterocycles. The second kappa shape index (κ2) is 21.6. The molecule has 404 valence electrons. The third-order valence-electron chi connectivity index (χ3n) is 17.7. The zero-order chi connectivity index (χ0) is 56.9. The van der Waals surface area contributed by atoms with Gasteiger partial charge in [0.15, 0.2) is 0 Å². The van der Waals surface area contributed by atoms with Crippen LogP contribution in [-0.2, 0) is 0 Å². The maximum absolute atomic E-state index is 2.45. The number of rotatable bonds is 11. The summed E-state index contributed by atoms with van der Waals surface area (Å²) in [6, 6.07) is 116. The molecule has 0 amide bonds. The third-order valence-corrected chi connectivity index (χ3v) is 17.7. The van der Waals surface area contributed by atoms with Crippen molar-refractivity contribution < 1.29 is 0 Å². The number of nitrogens with zero attached hydrogens (tertiary/aromatic N) is 2. The fraction of sp³-hybridized carbons (Fsp3) is 0.0238. The Morgan fingerprint density at radius 2 is 0.593 bits per heavy atom. The number of fused-ring (bicyclic) bond motifs is 6. The topological polar surface area (TPSA) is 9.86 Å². The van der Waals surface area contributed by atoms with E-state index in [-0.39, 0.29) is 0 Å². The molecule has 15 aromatic rings. The molecule has 1 unspecified atom stereocenters. The smallest absolute Gasteiger partial charge is 0.0541 e. The van der Waals surface area contributed by atoms with Gasteiger partial charge < -0.3 is 9.13 Å². The van der Waals surface area contributed by atoms with Gasteiger partial charge in [-0.05, 0) is 168 Å². The lowest BCUT2D eigenvalue weighted by Gasteiger charge is -2.19. The molecule has 0 spiro atoms. The monoisotopic (exact) mass is 1090 g/mol. The Balaban J connectivity index is 0.618. The lowest BCUT2D eigenvalue weighted by atomic mass is 9.86. The molecule has 0 bridgehead atoms. The highest BCUT2D eigenvalue weighted by Gasteiger charge is 2.19. The lowest BCUT2D eigenvalue weighted by molar-refractivity contribution is 0.857. The molecule has 16 rings (SSSR count). The maximum Gasteiger partial charge on any atom is 0.0541 e. The fourth-order valence-electron chi connectivity index (χ4n) is 13.2. The Labute approximate surface area is 501 Å². The van der Waals surface area contributed by atoms with Crippen molar-refractivity contribution in [2.24, 2.45) is 0 Å². The van der Waals surface area contributed by atoms with Gasteiger partial charge in [-0.25, -0.2) is 0 Å². The molecule has 86 heavy (non-hydrogen) atoms. The molecule has 0 saturated carbocycles. The van der Waals surface area contributed by atoms with Crippen molar-refractivity contribution in [1.82, 2.24) is 9.13 Å². The van der Waals surface area contributed by atoms with E-state index in [0.717, 1.165) is 17.8 Å². The quantitative estimate of drug-likeness (QED) is 0.122. The van der Waals surface area contributed by atoms with Gasteiger partial charge in [0.2, 0.25) is 0 Å². The number of benzene rings is 13. The Morgan fingerprint density at radius 1 is 0.233 bits per heavy atom. The minimum Gasteiger partial charge on any atom is -0.309 e. The zero-order valence-corrected chi connectivity index (χ0v) is 47.4. The second-order valence-corrected chi connectivity index (χ2v) is 22.8.